The van der Waals surface area contributed by atoms with Crippen molar-refractivity contribution >= 4 is 17.3 Å². The first-order valence-electron chi connectivity index (χ1n) is 6.75. The van der Waals surface area contributed by atoms with Crippen molar-refractivity contribution in [2.45, 2.75) is 6.61 Å². The van der Waals surface area contributed by atoms with E-state index < -0.39 is 0 Å². The van der Waals surface area contributed by atoms with E-state index in [1.807, 2.05) is 60.8 Å². The topological polar surface area (TPSA) is 65.1 Å². The van der Waals surface area contributed by atoms with Gasteiger partial charge in [0.15, 0.2) is 0 Å². The van der Waals surface area contributed by atoms with E-state index in [1.54, 1.807) is 4.68 Å². The molecule has 0 aliphatic heterocycles. The van der Waals surface area contributed by atoms with E-state index in [2.05, 4.69) is 10.5 Å². The number of benzene rings is 2. The molecule has 0 fully saturated rings. The largest absolute Gasteiger partial charge is 0.472 e. The third-order valence-electron chi connectivity index (χ3n) is 3.20. The summed E-state index contributed by atoms with van der Waals surface area (Å²) in [6.07, 6.45) is 1.84. The van der Waals surface area contributed by atoms with Crippen molar-refractivity contribution in [3.05, 3.63) is 71.4 Å². The first-order valence-corrected chi connectivity index (χ1v) is 7.13. The smallest absolute Gasteiger partial charge is 0.233 e. The third kappa shape index (κ3) is 3.21. The van der Waals surface area contributed by atoms with Crippen molar-refractivity contribution in [1.82, 2.24) is 9.78 Å². The van der Waals surface area contributed by atoms with E-state index in [1.165, 1.54) is 0 Å². The summed E-state index contributed by atoms with van der Waals surface area (Å²) in [6, 6.07) is 16.9. The van der Waals surface area contributed by atoms with Crippen molar-refractivity contribution in [1.29, 1.82) is 0 Å². The van der Waals surface area contributed by atoms with Crippen LogP contribution < -0.4 is 16.0 Å². The van der Waals surface area contributed by atoms with Crippen LogP contribution in [0.15, 0.2) is 60.8 Å². The second-order valence-corrected chi connectivity index (χ2v) is 5.10. The summed E-state index contributed by atoms with van der Waals surface area (Å²) in [6.45, 7) is 0.387. The lowest BCUT2D eigenvalue weighted by Crippen LogP contribution is -2.10. The molecule has 112 valence electrons. The number of nitrogens with zero attached hydrogens (tertiary/aromatic N) is 2. The molecule has 0 saturated carbocycles. The molecule has 0 saturated heterocycles. The van der Waals surface area contributed by atoms with E-state index in [0.29, 0.717) is 17.5 Å². The number of ether oxygens (including phenoxy) is 1. The maximum atomic E-state index is 5.88. The highest BCUT2D eigenvalue weighted by molar-refractivity contribution is 6.30. The Morgan fingerprint density at radius 3 is 2.64 bits per heavy atom. The van der Waals surface area contributed by atoms with Crippen molar-refractivity contribution in [3.8, 4) is 11.6 Å². The van der Waals surface area contributed by atoms with E-state index in [0.717, 1.165) is 16.9 Å². The molecule has 0 aliphatic rings. The molecule has 6 heteroatoms. The fraction of sp³-hybridized carbons (Fsp3) is 0.0625. The number of aromatic nitrogens is 2. The van der Waals surface area contributed by atoms with Crippen LogP contribution in [0.4, 0.5) is 5.69 Å². The van der Waals surface area contributed by atoms with Gasteiger partial charge in [-0.15, -0.1) is 5.10 Å². The van der Waals surface area contributed by atoms with E-state index in [9.17, 15) is 0 Å². The predicted molar refractivity (Wildman–Crippen MR) is 87.2 cm³/mol. The third-order valence-corrected chi connectivity index (χ3v) is 3.46. The van der Waals surface area contributed by atoms with Gasteiger partial charge in [0, 0.05) is 22.8 Å². The van der Waals surface area contributed by atoms with Gasteiger partial charge in [0.25, 0.3) is 0 Å². The van der Waals surface area contributed by atoms with Gasteiger partial charge < -0.3 is 10.2 Å². The lowest BCUT2D eigenvalue weighted by molar-refractivity contribution is 0.292. The van der Waals surface area contributed by atoms with E-state index in [-0.39, 0.29) is 0 Å². The number of anilines is 1. The standard InChI is InChI=1S/C16H15ClN4O/c17-13-5-7-14(8-6-13)21-10-9-16(20-21)22-11-12-3-1-2-4-15(12)19-18/h1-10,19H,11,18H2. The fourth-order valence-electron chi connectivity index (χ4n) is 2.06. The highest BCUT2D eigenvalue weighted by Crippen LogP contribution is 2.18. The van der Waals surface area contributed by atoms with Gasteiger partial charge in [-0.2, -0.15) is 0 Å². The summed E-state index contributed by atoms with van der Waals surface area (Å²) in [4.78, 5) is 0. The van der Waals surface area contributed by atoms with Crippen LogP contribution in [-0.2, 0) is 6.61 Å². The molecule has 1 aromatic heterocycles. The minimum absolute atomic E-state index is 0.387. The Hall–Kier alpha value is -2.50. The SMILES string of the molecule is NNc1ccccc1COc1ccn(-c2ccc(Cl)cc2)n1. The molecular weight excluding hydrogens is 300 g/mol. The van der Waals surface area contributed by atoms with Crippen LogP contribution in [0.1, 0.15) is 5.56 Å². The van der Waals surface area contributed by atoms with Crippen LogP contribution in [0.2, 0.25) is 5.02 Å². The molecule has 0 aliphatic carbocycles. The molecular formula is C16H15ClN4O. The van der Waals surface area contributed by atoms with Crippen molar-refractivity contribution in [2.24, 2.45) is 5.84 Å². The molecule has 0 bridgehead atoms. The lowest BCUT2D eigenvalue weighted by Gasteiger charge is -2.08. The van der Waals surface area contributed by atoms with Gasteiger partial charge >= 0.3 is 0 Å². The molecule has 0 atom stereocenters. The van der Waals surface area contributed by atoms with Gasteiger partial charge in [0.2, 0.25) is 5.88 Å². The Balaban J connectivity index is 1.71. The highest BCUT2D eigenvalue weighted by atomic mass is 35.5. The molecule has 1 heterocycles. The van der Waals surface area contributed by atoms with Gasteiger partial charge in [-0.25, -0.2) is 4.68 Å². The van der Waals surface area contributed by atoms with Crippen LogP contribution >= 0.6 is 11.6 Å². The summed E-state index contributed by atoms with van der Waals surface area (Å²) >= 11 is 5.88. The molecule has 3 aromatic rings. The Labute approximate surface area is 133 Å². The Morgan fingerprint density at radius 1 is 1.09 bits per heavy atom. The highest BCUT2D eigenvalue weighted by Gasteiger charge is 2.05. The van der Waals surface area contributed by atoms with Crippen LogP contribution in [-0.4, -0.2) is 9.78 Å². The number of rotatable bonds is 5. The first-order chi connectivity index (χ1) is 10.8. The lowest BCUT2D eigenvalue weighted by atomic mass is 10.2. The number of hydrogen-bond acceptors (Lipinski definition) is 4. The molecule has 2 aromatic carbocycles. The number of nitrogens with one attached hydrogen (secondary N) is 1. The summed E-state index contributed by atoms with van der Waals surface area (Å²) in [5.74, 6) is 6.02. The fourth-order valence-corrected chi connectivity index (χ4v) is 2.19. The minimum Gasteiger partial charge on any atom is -0.472 e. The number of hydrogen-bond donors (Lipinski definition) is 2. The van der Waals surface area contributed by atoms with Crippen LogP contribution in [0.3, 0.4) is 0 Å². The summed E-state index contributed by atoms with van der Waals surface area (Å²) in [5, 5.41) is 5.07. The summed E-state index contributed by atoms with van der Waals surface area (Å²) < 4.78 is 7.44. The van der Waals surface area contributed by atoms with E-state index in [4.69, 9.17) is 22.2 Å². The van der Waals surface area contributed by atoms with Crippen molar-refractivity contribution < 1.29 is 4.74 Å². The predicted octanol–water partition coefficient (Wildman–Crippen LogP) is 3.39. The first kappa shape index (κ1) is 14.4. The summed E-state index contributed by atoms with van der Waals surface area (Å²) in [7, 11) is 0. The van der Waals surface area contributed by atoms with Gasteiger partial charge in [-0.3, -0.25) is 5.84 Å². The van der Waals surface area contributed by atoms with Gasteiger partial charge in [-0.1, -0.05) is 29.8 Å². The monoisotopic (exact) mass is 314 g/mol. The molecule has 0 spiro atoms. The number of nitrogens with two attached hydrogens (primary N) is 1. The zero-order chi connectivity index (χ0) is 15.4. The average Bonchev–Trinajstić information content (AvgIpc) is 3.03. The second kappa shape index (κ2) is 6.51. The maximum Gasteiger partial charge on any atom is 0.233 e. The number of halogens is 1. The zero-order valence-corrected chi connectivity index (χ0v) is 12.5. The molecule has 0 unspecified atom stereocenters. The molecule has 0 radical (unpaired) electrons. The average molecular weight is 315 g/mol. The number of para-hydroxylation sites is 1. The molecule has 22 heavy (non-hydrogen) atoms. The normalized spacial score (nSPS) is 10.5. The summed E-state index contributed by atoms with van der Waals surface area (Å²) in [5.41, 5.74) is 5.37. The molecule has 3 rings (SSSR count). The Morgan fingerprint density at radius 2 is 1.86 bits per heavy atom. The zero-order valence-electron chi connectivity index (χ0n) is 11.7. The van der Waals surface area contributed by atoms with Crippen molar-refractivity contribution in [2.75, 3.05) is 5.43 Å². The Bertz CT molecular complexity index is 755. The van der Waals surface area contributed by atoms with Crippen LogP contribution in [0.5, 0.6) is 5.88 Å². The molecule has 3 N–H and O–H groups in total. The van der Waals surface area contributed by atoms with Crippen LogP contribution in [0, 0.1) is 0 Å². The molecule has 5 nitrogen and oxygen atoms in total. The van der Waals surface area contributed by atoms with Crippen LogP contribution in [0.25, 0.3) is 5.69 Å². The second-order valence-electron chi connectivity index (χ2n) is 4.67. The quantitative estimate of drug-likeness (QED) is 0.559. The van der Waals surface area contributed by atoms with Gasteiger partial charge in [-0.05, 0) is 30.3 Å². The van der Waals surface area contributed by atoms with Gasteiger partial charge in [0.1, 0.15) is 6.61 Å². The van der Waals surface area contributed by atoms with Crippen molar-refractivity contribution in [3.63, 3.8) is 0 Å². The van der Waals surface area contributed by atoms with Gasteiger partial charge in [0.05, 0.1) is 11.4 Å². The Kier molecular flexibility index (Phi) is 4.27. The minimum atomic E-state index is 0.387. The molecule has 0 amide bonds. The van der Waals surface area contributed by atoms with E-state index >= 15 is 0 Å². The number of hydrazine groups is 1. The number of nitrogen functional groups attached to an aromatic ring is 1. The maximum absolute atomic E-state index is 5.88.